The first-order valence-corrected chi connectivity index (χ1v) is 8.34. The van der Waals surface area contributed by atoms with Crippen LogP contribution in [0.3, 0.4) is 0 Å². The van der Waals surface area contributed by atoms with Crippen LogP contribution in [0.5, 0.6) is 5.75 Å². The summed E-state index contributed by atoms with van der Waals surface area (Å²) >= 11 is 0. The van der Waals surface area contributed by atoms with Crippen molar-refractivity contribution in [1.29, 1.82) is 0 Å². The van der Waals surface area contributed by atoms with E-state index in [0.29, 0.717) is 5.75 Å². The number of ether oxygens (including phenoxy) is 1. The zero-order valence-corrected chi connectivity index (χ0v) is 13.7. The summed E-state index contributed by atoms with van der Waals surface area (Å²) in [4.78, 5) is -0.119. The highest BCUT2D eigenvalue weighted by molar-refractivity contribution is 7.89. The molecule has 0 aliphatic heterocycles. The smallest absolute Gasteiger partial charge is 0.489 e. The van der Waals surface area contributed by atoms with E-state index in [0.717, 1.165) is 9.87 Å². The van der Waals surface area contributed by atoms with Crippen LogP contribution in [0.25, 0.3) is 0 Å². The highest BCUT2D eigenvalue weighted by Crippen LogP contribution is 2.17. The first kappa shape index (κ1) is 17.5. The molecule has 0 aliphatic carbocycles. The minimum atomic E-state index is -3.85. The van der Waals surface area contributed by atoms with Crippen LogP contribution in [0.15, 0.2) is 53.4 Å². The molecular formula is C15H18BNO5S. The lowest BCUT2D eigenvalue weighted by Crippen LogP contribution is -2.38. The van der Waals surface area contributed by atoms with Gasteiger partial charge in [-0.3, -0.25) is 0 Å². The van der Waals surface area contributed by atoms with E-state index in [1.165, 1.54) is 19.2 Å². The van der Waals surface area contributed by atoms with E-state index in [4.69, 9.17) is 4.74 Å². The number of sulfonamides is 1. The van der Waals surface area contributed by atoms with Crippen molar-refractivity contribution in [2.45, 2.75) is 11.4 Å². The Balaban J connectivity index is 2.28. The quantitative estimate of drug-likeness (QED) is 0.737. The van der Waals surface area contributed by atoms with E-state index in [2.05, 4.69) is 0 Å². The molecule has 0 heterocycles. The molecule has 0 saturated heterocycles. The number of methoxy groups -OCH3 is 1. The Bertz CT molecular complexity index is 762. The molecule has 0 bridgehead atoms. The summed E-state index contributed by atoms with van der Waals surface area (Å²) < 4.78 is 31.6. The summed E-state index contributed by atoms with van der Waals surface area (Å²) in [5, 5.41) is 18.7. The van der Waals surface area contributed by atoms with Gasteiger partial charge in [0.2, 0.25) is 10.0 Å². The average Bonchev–Trinajstić information content (AvgIpc) is 2.55. The first-order chi connectivity index (χ1) is 10.9. The van der Waals surface area contributed by atoms with E-state index in [-0.39, 0.29) is 16.9 Å². The highest BCUT2D eigenvalue weighted by Gasteiger charge is 2.27. The molecule has 0 fully saturated rings. The van der Waals surface area contributed by atoms with Crippen LogP contribution in [-0.4, -0.2) is 44.0 Å². The molecule has 2 aromatic carbocycles. The summed E-state index contributed by atoms with van der Waals surface area (Å²) in [6.07, 6.45) is 0. The molecule has 2 rings (SSSR count). The summed E-state index contributed by atoms with van der Waals surface area (Å²) in [6.45, 7) is 0.155. The van der Waals surface area contributed by atoms with E-state index in [1.807, 2.05) is 0 Å². The lowest BCUT2D eigenvalue weighted by Gasteiger charge is -2.19. The maximum absolute atomic E-state index is 12.7. The standard InChI is InChI=1S/C15H18BNO5S/c1-17(11-12-7-9-13(22-2)10-8-12)23(20,21)15-6-4-3-5-14(15)16(18)19/h3-10,18-19H,11H2,1-2H3. The molecule has 23 heavy (non-hydrogen) atoms. The molecule has 0 saturated carbocycles. The summed E-state index contributed by atoms with van der Waals surface area (Å²) in [6, 6.07) is 12.9. The van der Waals surface area contributed by atoms with Gasteiger partial charge in [-0.15, -0.1) is 0 Å². The summed E-state index contributed by atoms with van der Waals surface area (Å²) in [5.74, 6) is 0.688. The molecular weight excluding hydrogens is 317 g/mol. The van der Waals surface area contributed by atoms with Crippen molar-refractivity contribution in [2.24, 2.45) is 0 Å². The van der Waals surface area contributed by atoms with Gasteiger partial charge in [0, 0.05) is 19.1 Å². The van der Waals surface area contributed by atoms with Gasteiger partial charge in [-0.25, -0.2) is 8.42 Å². The maximum atomic E-state index is 12.7. The SMILES string of the molecule is COc1ccc(CN(C)S(=O)(=O)c2ccccc2B(O)O)cc1. The Morgan fingerprint density at radius 2 is 1.70 bits per heavy atom. The van der Waals surface area contributed by atoms with Crippen LogP contribution in [0.2, 0.25) is 0 Å². The van der Waals surface area contributed by atoms with Crippen molar-refractivity contribution in [3.63, 3.8) is 0 Å². The first-order valence-electron chi connectivity index (χ1n) is 6.90. The molecule has 0 spiro atoms. The molecule has 0 aliphatic rings. The second kappa shape index (κ2) is 7.14. The fourth-order valence-electron chi connectivity index (χ4n) is 2.17. The van der Waals surface area contributed by atoms with Gasteiger partial charge in [-0.05, 0) is 23.8 Å². The van der Waals surface area contributed by atoms with Crippen LogP contribution in [0, 0.1) is 0 Å². The molecule has 0 unspecified atom stereocenters. The molecule has 0 radical (unpaired) electrons. The number of benzene rings is 2. The average molecular weight is 335 g/mol. The monoisotopic (exact) mass is 335 g/mol. The van der Waals surface area contributed by atoms with Gasteiger partial charge >= 0.3 is 7.12 Å². The minimum Gasteiger partial charge on any atom is -0.497 e. The predicted octanol–water partition coefficient (Wildman–Crippen LogP) is 0.196. The topological polar surface area (TPSA) is 87.1 Å². The van der Waals surface area contributed by atoms with Crippen molar-refractivity contribution in [3.8, 4) is 5.75 Å². The maximum Gasteiger partial charge on any atom is 0.489 e. The van der Waals surface area contributed by atoms with Crippen molar-refractivity contribution < 1.29 is 23.2 Å². The summed E-state index contributed by atoms with van der Waals surface area (Å²) in [5.41, 5.74) is 0.744. The Hall–Kier alpha value is -1.87. The van der Waals surface area contributed by atoms with Gasteiger partial charge in [-0.1, -0.05) is 30.3 Å². The number of rotatable bonds is 6. The third kappa shape index (κ3) is 3.91. The molecule has 8 heteroatoms. The highest BCUT2D eigenvalue weighted by atomic mass is 32.2. The van der Waals surface area contributed by atoms with Crippen LogP contribution in [-0.2, 0) is 16.6 Å². The Labute approximate surface area is 136 Å². The fourth-order valence-corrected chi connectivity index (χ4v) is 3.55. The van der Waals surface area contributed by atoms with Gasteiger partial charge in [0.15, 0.2) is 0 Å². The van der Waals surface area contributed by atoms with Gasteiger partial charge in [-0.2, -0.15) is 4.31 Å². The molecule has 122 valence electrons. The second-order valence-corrected chi connectivity index (χ2v) is 7.03. The second-order valence-electron chi connectivity index (χ2n) is 5.02. The van der Waals surface area contributed by atoms with Crippen molar-refractivity contribution >= 4 is 22.6 Å². The van der Waals surface area contributed by atoms with Crippen LogP contribution < -0.4 is 10.2 Å². The van der Waals surface area contributed by atoms with E-state index < -0.39 is 17.1 Å². The number of hydrogen-bond donors (Lipinski definition) is 2. The van der Waals surface area contributed by atoms with Gasteiger partial charge in [0.1, 0.15) is 5.75 Å². The zero-order chi connectivity index (χ0) is 17.0. The van der Waals surface area contributed by atoms with Crippen molar-refractivity contribution in [3.05, 3.63) is 54.1 Å². The zero-order valence-electron chi connectivity index (χ0n) is 12.9. The normalized spacial score (nSPS) is 11.5. The van der Waals surface area contributed by atoms with Crippen molar-refractivity contribution in [1.82, 2.24) is 4.31 Å². The fraction of sp³-hybridized carbons (Fsp3) is 0.200. The molecule has 0 atom stereocenters. The van der Waals surface area contributed by atoms with E-state index >= 15 is 0 Å². The largest absolute Gasteiger partial charge is 0.497 e. The predicted molar refractivity (Wildman–Crippen MR) is 87.9 cm³/mol. The van der Waals surface area contributed by atoms with Gasteiger partial charge in [0.05, 0.1) is 12.0 Å². The lowest BCUT2D eigenvalue weighted by molar-refractivity contribution is 0.414. The van der Waals surface area contributed by atoms with E-state index in [1.54, 1.807) is 43.5 Å². The molecule has 6 nitrogen and oxygen atoms in total. The Kier molecular flexibility index (Phi) is 5.43. The molecule has 0 aromatic heterocycles. The van der Waals surface area contributed by atoms with Crippen LogP contribution in [0.4, 0.5) is 0 Å². The Morgan fingerprint density at radius 3 is 2.26 bits per heavy atom. The lowest BCUT2D eigenvalue weighted by atomic mass is 9.80. The van der Waals surface area contributed by atoms with E-state index in [9.17, 15) is 18.5 Å². The number of hydrogen-bond acceptors (Lipinski definition) is 5. The molecule has 2 N–H and O–H groups in total. The van der Waals surface area contributed by atoms with Crippen molar-refractivity contribution in [2.75, 3.05) is 14.2 Å². The Morgan fingerprint density at radius 1 is 1.09 bits per heavy atom. The molecule has 0 amide bonds. The minimum absolute atomic E-state index is 0.0471. The van der Waals surface area contributed by atoms with Crippen LogP contribution in [0.1, 0.15) is 5.56 Å². The molecule has 2 aromatic rings. The van der Waals surface area contributed by atoms with Gasteiger partial charge < -0.3 is 14.8 Å². The number of nitrogens with zero attached hydrogens (tertiary/aromatic N) is 1. The summed E-state index contributed by atoms with van der Waals surface area (Å²) in [7, 11) is -2.70. The third-order valence-corrected chi connectivity index (χ3v) is 5.33. The third-order valence-electron chi connectivity index (χ3n) is 3.45. The van der Waals surface area contributed by atoms with Gasteiger partial charge in [0.25, 0.3) is 0 Å². The van der Waals surface area contributed by atoms with Crippen LogP contribution >= 0.6 is 0 Å².